The van der Waals surface area contributed by atoms with Gasteiger partial charge in [0.05, 0.1) is 5.92 Å². The summed E-state index contributed by atoms with van der Waals surface area (Å²) in [6, 6.07) is 10.5. The predicted molar refractivity (Wildman–Crippen MR) is 102 cm³/mol. The molecule has 0 bridgehead atoms. The molecule has 0 spiro atoms. The summed E-state index contributed by atoms with van der Waals surface area (Å²) in [5.41, 5.74) is 1.22. The molecule has 1 aliphatic rings. The van der Waals surface area contributed by atoms with Gasteiger partial charge >= 0.3 is 0 Å². The first-order valence-electron chi connectivity index (χ1n) is 9.07. The third-order valence-electron chi connectivity index (χ3n) is 4.73. The normalized spacial score (nSPS) is 18.8. The largest absolute Gasteiger partial charge is 0.353 e. The maximum absolute atomic E-state index is 12.4. The number of nitrogens with zero attached hydrogens (tertiary/aromatic N) is 3. The Bertz CT molecular complexity index is 688. The van der Waals surface area contributed by atoms with Crippen LogP contribution >= 0.6 is 11.5 Å². The average Bonchev–Trinajstić information content (AvgIpc) is 3.11. The van der Waals surface area contributed by atoms with Gasteiger partial charge in [-0.2, -0.15) is 4.37 Å². The molecule has 1 saturated heterocycles. The van der Waals surface area contributed by atoms with Crippen molar-refractivity contribution < 1.29 is 4.79 Å². The summed E-state index contributed by atoms with van der Waals surface area (Å²) in [6.07, 6.45) is 3.69. The molecule has 0 radical (unpaired) electrons. The molecule has 5 nitrogen and oxygen atoms in total. The molecule has 6 heteroatoms. The van der Waals surface area contributed by atoms with Crippen molar-refractivity contribution in [3.05, 3.63) is 41.7 Å². The van der Waals surface area contributed by atoms with Crippen LogP contribution in [-0.2, 0) is 11.2 Å². The first kappa shape index (κ1) is 17.9. The first-order valence-corrected chi connectivity index (χ1v) is 9.85. The van der Waals surface area contributed by atoms with E-state index in [0.717, 1.165) is 49.7 Å². The lowest BCUT2D eigenvalue weighted by Gasteiger charge is -2.32. The smallest absolute Gasteiger partial charge is 0.225 e. The highest BCUT2D eigenvalue weighted by Crippen LogP contribution is 2.25. The molecular formula is C19H26N4OS. The summed E-state index contributed by atoms with van der Waals surface area (Å²) in [5.74, 6) is 1.08. The summed E-state index contributed by atoms with van der Waals surface area (Å²) >= 11 is 1.44. The van der Waals surface area contributed by atoms with Crippen molar-refractivity contribution in [3.63, 3.8) is 0 Å². The van der Waals surface area contributed by atoms with Gasteiger partial charge in [0.25, 0.3) is 0 Å². The second kappa shape index (κ2) is 8.43. The molecule has 1 aromatic heterocycles. The zero-order valence-corrected chi connectivity index (χ0v) is 15.8. The Morgan fingerprint density at radius 2 is 2.20 bits per heavy atom. The third kappa shape index (κ3) is 4.78. The molecule has 2 heterocycles. The molecule has 2 atom stereocenters. The number of piperidine rings is 1. The van der Waals surface area contributed by atoms with E-state index in [-0.39, 0.29) is 17.9 Å². The number of nitrogens with one attached hydrogen (secondary N) is 1. The summed E-state index contributed by atoms with van der Waals surface area (Å²) in [4.78, 5) is 19.3. The van der Waals surface area contributed by atoms with E-state index in [1.807, 2.05) is 18.2 Å². The van der Waals surface area contributed by atoms with Gasteiger partial charge in [0, 0.05) is 37.1 Å². The molecular weight excluding hydrogens is 332 g/mol. The maximum Gasteiger partial charge on any atom is 0.225 e. The van der Waals surface area contributed by atoms with Gasteiger partial charge in [-0.15, -0.1) is 0 Å². The minimum absolute atomic E-state index is 0.0456. The highest BCUT2D eigenvalue weighted by molar-refractivity contribution is 7.09. The number of anilines is 1. The van der Waals surface area contributed by atoms with Gasteiger partial charge in [-0.25, -0.2) is 4.98 Å². The molecule has 1 fully saturated rings. The fourth-order valence-corrected chi connectivity index (χ4v) is 3.77. The van der Waals surface area contributed by atoms with E-state index in [4.69, 9.17) is 4.98 Å². The van der Waals surface area contributed by atoms with Gasteiger partial charge in [0.2, 0.25) is 11.0 Å². The van der Waals surface area contributed by atoms with Crippen LogP contribution in [-0.4, -0.2) is 34.4 Å². The highest BCUT2D eigenvalue weighted by Gasteiger charge is 2.28. The molecule has 1 aromatic carbocycles. The number of benzene rings is 1. The average molecular weight is 359 g/mol. The number of hydrogen-bond donors (Lipinski definition) is 1. The van der Waals surface area contributed by atoms with E-state index < -0.39 is 0 Å². The van der Waals surface area contributed by atoms with Crippen LogP contribution < -0.4 is 10.2 Å². The van der Waals surface area contributed by atoms with Crippen LogP contribution in [0.2, 0.25) is 0 Å². The van der Waals surface area contributed by atoms with Crippen LogP contribution in [0.4, 0.5) is 5.13 Å². The fourth-order valence-electron chi connectivity index (χ4n) is 3.05. The van der Waals surface area contributed by atoms with E-state index >= 15 is 0 Å². The Morgan fingerprint density at radius 3 is 2.96 bits per heavy atom. The van der Waals surface area contributed by atoms with Crippen LogP contribution in [0.5, 0.6) is 0 Å². The topological polar surface area (TPSA) is 58.1 Å². The van der Waals surface area contributed by atoms with E-state index in [0.29, 0.717) is 0 Å². The zero-order valence-electron chi connectivity index (χ0n) is 14.9. The molecule has 134 valence electrons. The Morgan fingerprint density at radius 1 is 1.40 bits per heavy atom. The van der Waals surface area contributed by atoms with E-state index in [1.165, 1.54) is 17.1 Å². The van der Waals surface area contributed by atoms with Crippen molar-refractivity contribution >= 4 is 22.6 Å². The lowest BCUT2D eigenvalue weighted by Crippen LogP contribution is -2.45. The Hall–Kier alpha value is -1.95. The van der Waals surface area contributed by atoms with E-state index in [9.17, 15) is 4.79 Å². The van der Waals surface area contributed by atoms with Crippen molar-refractivity contribution in [2.24, 2.45) is 5.92 Å². The zero-order chi connectivity index (χ0) is 17.6. The number of aromatic nitrogens is 2. The molecule has 1 N–H and O–H groups in total. The number of carbonyl (C=O) groups excluding carboxylic acids is 1. The molecule has 2 aromatic rings. The highest BCUT2D eigenvalue weighted by atomic mass is 32.1. The molecule has 0 saturated carbocycles. The number of carbonyl (C=O) groups is 1. The number of amides is 1. The predicted octanol–water partition coefficient (Wildman–Crippen LogP) is 3.26. The molecule has 0 aliphatic carbocycles. The second-order valence-electron chi connectivity index (χ2n) is 6.76. The molecule has 1 aliphatic heterocycles. The van der Waals surface area contributed by atoms with Gasteiger partial charge in [0.1, 0.15) is 5.82 Å². The molecule has 25 heavy (non-hydrogen) atoms. The lowest BCUT2D eigenvalue weighted by molar-refractivity contribution is -0.125. The van der Waals surface area contributed by atoms with Crippen molar-refractivity contribution in [1.29, 1.82) is 0 Å². The fraction of sp³-hybridized carbons (Fsp3) is 0.526. The quantitative estimate of drug-likeness (QED) is 0.861. The van der Waals surface area contributed by atoms with E-state index in [1.54, 1.807) is 0 Å². The van der Waals surface area contributed by atoms with E-state index in [2.05, 4.69) is 40.6 Å². The van der Waals surface area contributed by atoms with Gasteiger partial charge in [-0.05, 0) is 31.7 Å². The molecule has 3 rings (SSSR count). The van der Waals surface area contributed by atoms with Crippen molar-refractivity contribution in [2.45, 2.75) is 45.6 Å². The van der Waals surface area contributed by atoms with Crippen molar-refractivity contribution in [2.75, 3.05) is 18.0 Å². The van der Waals surface area contributed by atoms with Gasteiger partial charge in [0.15, 0.2) is 0 Å². The lowest BCUT2D eigenvalue weighted by atomic mass is 9.97. The minimum atomic E-state index is 0.0456. The monoisotopic (exact) mass is 358 g/mol. The van der Waals surface area contributed by atoms with Crippen LogP contribution in [0.25, 0.3) is 0 Å². The number of rotatable bonds is 6. The van der Waals surface area contributed by atoms with Gasteiger partial charge < -0.3 is 10.2 Å². The Kier molecular flexibility index (Phi) is 6.02. The van der Waals surface area contributed by atoms with Gasteiger partial charge in [-0.1, -0.05) is 37.3 Å². The minimum Gasteiger partial charge on any atom is -0.353 e. The Balaban J connectivity index is 1.61. The summed E-state index contributed by atoms with van der Waals surface area (Å²) < 4.78 is 4.51. The SMILES string of the molecule is CC[C@H](C)NC(=O)[C@H]1CCCN(c2nc(Cc3ccccc3)ns2)C1. The first-order chi connectivity index (χ1) is 12.2. The second-order valence-corrected chi connectivity index (χ2v) is 7.49. The number of hydrogen-bond acceptors (Lipinski definition) is 5. The van der Waals surface area contributed by atoms with Crippen molar-refractivity contribution in [1.82, 2.24) is 14.7 Å². The van der Waals surface area contributed by atoms with Crippen molar-refractivity contribution in [3.8, 4) is 0 Å². The standard InChI is InChI=1S/C19H26N4OS/c1-3-14(2)20-18(24)16-10-7-11-23(13-16)19-21-17(22-25-19)12-15-8-5-4-6-9-15/h4-6,8-9,14,16H,3,7,10-13H2,1-2H3,(H,20,24)/t14-,16-/m0/s1. The van der Waals surface area contributed by atoms with Gasteiger partial charge in [-0.3, -0.25) is 4.79 Å². The van der Waals surface area contributed by atoms with Crippen LogP contribution in [0.15, 0.2) is 30.3 Å². The third-order valence-corrected chi connectivity index (χ3v) is 5.54. The molecule has 0 unspecified atom stereocenters. The summed E-state index contributed by atoms with van der Waals surface area (Å²) in [5, 5.41) is 4.05. The maximum atomic E-state index is 12.4. The summed E-state index contributed by atoms with van der Waals surface area (Å²) in [7, 11) is 0. The van der Waals surface area contributed by atoms with Crippen LogP contribution in [0.3, 0.4) is 0 Å². The summed E-state index contributed by atoms with van der Waals surface area (Å²) in [6.45, 7) is 5.84. The van der Waals surface area contributed by atoms with Crippen LogP contribution in [0.1, 0.15) is 44.5 Å². The molecule has 1 amide bonds. The Labute approximate surface area is 153 Å². The van der Waals surface area contributed by atoms with Crippen LogP contribution in [0, 0.1) is 5.92 Å².